The van der Waals surface area contributed by atoms with Gasteiger partial charge in [-0.2, -0.15) is 15.3 Å². The van der Waals surface area contributed by atoms with Crippen molar-refractivity contribution in [3.05, 3.63) is 69.5 Å². The fourth-order valence-corrected chi connectivity index (χ4v) is 5.34. The Morgan fingerprint density at radius 2 is 1.94 bits per heavy atom. The van der Waals surface area contributed by atoms with E-state index in [0.29, 0.717) is 18.5 Å². The maximum atomic E-state index is 13.3. The zero-order chi connectivity index (χ0) is 22.0. The molecule has 0 aliphatic heterocycles. The Hall–Kier alpha value is -3.79. The van der Waals surface area contributed by atoms with E-state index in [9.17, 15) is 4.79 Å². The van der Waals surface area contributed by atoms with Gasteiger partial charge in [0.1, 0.15) is 10.5 Å². The number of thiazole rings is 1. The van der Waals surface area contributed by atoms with E-state index in [0.717, 1.165) is 42.9 Å². The molecule has 160 valence electrons. The highest BCUT2D eigenvalue weighted by Gasteiger charge is 2.19. The number of fused-ring (bicyclic) bond motifs is 4. The van der Waals surface area contributed by atoms with Crippen LogP contribution in [0.15, 0.2) is 47.7 Å². The van der Waals surface area contributed by atoms with E-state index in [1.807, 2.05) is 61.0 Å². The van der Waals surface area contributed by atoms with Gasteiger partial charge >= 0.3 is 0 Å². The highest BCUT2D eigenvalue weighted by Crippen LogP contribution is 2.31. The molecule has 0 aliphatic rings. The van der Waals surface area contributed by atoms with Gasteiger partial charge in [0.25, 0.3) is 5.56 Å². The number of hydrogen-bond acceptors (Lipinski definition) is 6. The van der Waals surface area contributed by atoms with Crippen LogP contribution < -0.4 is 5.56 Å². The minimum Gasteiger partial charge on any atom is -0.323 e. The highest BCUT2D eigenvalue weighted by atomic mass is 32.1. The second-order valence-corrected chi connectivity index (χ2v) is 9.09. The fraction of sp³-hybridized carbons (Fsp3) is 0.227. The molecule has 0 amide bonds. The third-order valence-electron chi connectivity index (χ3n) is 5.81. The first kappa shape index (κ1) is 18.9. The molecule has 0 saturated carbocycles. The van der Waals surface area contributed by atoms with Gasteiger partial charge in [-0.05, 0) is 23.8 Å². The number of nitrogens with zero attached hydrogens (tertiary/aromatic N) is 8. The van der Waals surface area contributed by atoms with Crippen molar-refractivity contribution in [2.45, 2.75) is 13.0 Å². The second kappa shape index (κ2) is 6.86. The first-order chi connectivity index (χ1) is 15.5. The van der Waals surface area contributed by atoms with Crippen LogP contribution in [0.2, 0.25) is 0 Å². The lowest BCUT2D eigenvalue weighted by molar-refractivity contribution is 0.644. The van der Waals surface area contributed by atoms with E-state index in [2.05, 4.69) is 21.4 Å². The first-order valence-corrected chi connectivity index (χ1v) is 11.0. The van der Waals surface area contributed by atoms with E-state index in [1.54, 1.807) is 22.2 Å². The molecular formula is C22H20N8OS. The van der Waals surface area contributed by atoms with E-state index >= 15 is 0 Å². The van der Waals surface area contributed by atoms with Crippen molar-refractivity contribution in [2.24, 2.45) is 21.1 Å². The van der Waals surface area contributed by atoms with Crippen LogP contribution in [-0.4, -0.2) is 38.9 Å². The van der Waals surface area contributed by atoms with Gasteiger partial charge in [-0.25, -0.2) is 9.67 Å². The molecule has 32 heavy (non-hydrogen) atoms. The third-order valence-corrected chi connectivity index (χ3v) is 6.89. The molecule has 0 bridgehead atoms. The Labute approximate surface area is 186 Å². The van der Waals surface area contributed by atoms with Gasteiger partial charge in [0.05, 0.1) is 34.8 Å². The monoisotopic (exact) mass is 444 g/mol. The average molecular weight is 445 g/mol. The standard InChI is InChI=1S/C22H20N8OS/c1-27-7-6-15(26-27)9-18-25-21-20(32-18)16-11-24-30(22(31)19(16)28(21)2)12-13-4-5-17-14(8-13)10-23-29(17)3/h4-8,10-11H,9,12H2,1-3H3. The van der Waals surface area contributed by atoms with Crippen molar-refractivity contribution >= 4 is 43.5 Å². The van der Waals surface area contributed by atoms with E-state index in [-0.39, 0.29) is 5.56 Å². The number of benzene rings is 1. The van der Waals surface area contributed by atoms with E-state index < -0.39 is 0 Å². The van der Waals surface area contributed by atoms with Crippen molar-refractivity contribution < 1.29 is 0 Å². The SMILES string of the molecule is Cn1ccc(Cc2nc3c(s2)c2cnn(Cc4ccc5c(cnn5C)c4)c(=O)c2n3C)n1. The quantitative estimate of drug-likeness (QED) is 0.417. The zero-order valence-electron chi connectivity index (χ0n) is 17.8. The predicted octanol–water partition coefficient (Wildman–Crippen LogP) is 2.60. The van der Waals surface area contributed by atoms with Gasteiger partial charge in [-0.15, -0.1) is 11.3 Å². The van der Waals surface area contributed by atoms with Crippen LogP contribution in [0.25, 0.3) is 32.2 Å². The molecule has 1 aromatic carbocycles. The van der Waals surface area contributed by atoms with Gasteiger partial charge in [0.2, 0.25) is 0 Å². The van der Waals surface area contributed by atoms with Gasteiger partial charge < -0.3 is 4.57 Å². The summed E-state index contributed by atoms with van der Waals surface area (Å²) in [4.78, 5) is 18.1. The van der Waals surface area contributed by atoms with Crippen LogP contribution >= 0.6 is 11.3 Å². The van der Waals surface area contributed by atoms with Crippen LogP contribution in [-0.2, 0) is 34.1 Å². The first-order valence-electron chi connectivity index (χ1n) is 10.2. The molecule has 6 rings (SSSR count). The molecule has 5 heterocycles. The van der Waals surface area contributed by atoms with Gasteiger partial charge in [0.15, 0.2) is 5.65 Å². The Morgan fingerprint density at radius 3 is 2.75 bits per heavy atom. The Kier molecular flexibility index (Phi) is 4.06. The van der Waals surface area contributed by atoms with Crippen LogP contribution in [0.3, 0.4) is 0 Å². The van der Waals surface area contributed by atoms with Crippen molar-refractivity contribution in [3.8, 4) is 0 Å². The summed E-state index contributed by atoms with van der Waals surface area (Å²) >= 11 is 1.60. The summed E-state index contributed by atoms with van der Waals surface area (Å²) in [6, 6.07) is 8.08. The summed E-state index contributed by atoms with van der Waals surface area (Å²) in [6.45, 7) is 0.400. The summed E-state index contributed by atoms with van der Waals surface area (Å²) in [5.74, 6) is 0. The summed E-state index contributed by atoms with van der Waals surface area (Å²) in [7, 11) is 5.71. The fourth-order valence-electron chi connectivity index (χ4n) is 4.22. The smallest absolute Gasteiger partial charge is 0.291 e. The lowest BCUT2D eigenvalue weighted by Gasteiger charge is -2.06. The van der Waals surface area contributed by atoms with Crippen molar-refractivity contribution in [3.63, 3.8) is 0 Å². The second-order valence-electron chi connectivity index (χ2n) is 8.01. The highest BCUT2D eigenvalue weighted by molar-refractivity contribution is 7.19. The number of aromatic nitrogens is 8. The Bertz CT molecular complexity index is 1700. The zero-order valence-corrected chi connectivity index (χ0v) is 18.7. The number of aryl methyl sites for hydroxylation is 3. The molecule has 0 aliphatic carbocycles. The molecule has 10 heteroatoms. The summed E-state index contributed by atoms with van der Waals surface area (Å²) in [5.41, 5.74) is 4.35. The molecule has 0 unspecified atom stereocenters. The third kappa shape index (κ3) is 2.87. The molecule has 0 spiro atoms. The van der Waals surface area contributed by atoms with E-state index in [1.165, 1.54) is 4.68 Å². The normalized spacial score (nSPS) is 12.0. The van der Waals surface area contributed by atoms with Crippen LogP contribution in [0.5, 0.6) is 0 Å². The minimum absolute atomic E-state index is 0.118. The van der Waals surface area contributed by atoms with Crippen molar-refractivity contribution in [1.82, 2.24) is 38.9 Å². The molecule has 9 nitrogen and oxygen atoms in total. The average Bonchev–Trinajstić information content (AvgIpc) is 3.52. The van der Waals surface area contributed by atoms with Gasteiger partial charge in [-0.3, -0.25) is 14.2 Å². The topological polar surface area (TPSA) is 88.4 Å². The molecule has 0 saturated heterocycles. The van der Waals surface area contributed by atoms with Crippen LogP contribution in [0.4, 0.5) is 0 Å². The van der Waals surface area contributed by atoms with E-state index in [4.69, 9.17) is 4.98 Å². The molecule has 0 radical (unpaired) electrons. The van der Waals surface area contributed by atoms with Gasteiger partial charge in [-0.1, -0.05) is 6.07 Å². The number of rotatable bonds is 4. The lowest BCUT2D eigenvalue weighted by Crippen LogP contribution is -2.24. The Morgan fingerprint density at radius 1 is 1.06 bits per heavy atom. The van der Waals surface area contributed by atoms with Crippen LogP contribution in [0.1, 0.15) is 16.3 Å². The maximum absolute atomic E-state index is 13.3. The summed E-state index contributed by atoms with van der Waals surface area (Å²) in [5, 5.41) is 16.1. The Balaban J connectivity index is 1.39. The largest absolute Gasteiger partial charge is 0.323 e. The van der Waals surface area contributed by atoms with Gasteiger partial charge in [0, 0.05) is 44.5 Å². The molecule has 0 atom stereocenters. The minimum atomic E-state index is -0.118. The van der Waals surface area contributed by atoms with Crippen LogP contribution in [0, 0.1) is 0 Å². The molecule has 6 aromatic rings. The molecule has 0 fully saturated rings. The lowest BCUT2D eigenvalue weighted by atomic mass is 10.1. The molecule has 5 aromatic heterocycles. The summed E-state index contributed by atoms with van der Waals surface area (Å²) in [6.07, 6.45) is 6.21. The summed E-state index contributed by atoms with van der Waals surface area (Å²) < 4.78 is 8.01. The predicted molar refractivity (Wildman–Crippen MR) is 124 cm³/mol. The number of hydrogen-bond donors (Lipinski definition) is 0. The maximum Gasteiger partial charge on any atom is 0.291 e. The molecule has 0 N–H and O–H groups in total. The van der Waals surface area contributed by atoms with Crippen molar-refractivity contribution in [1.29, 1.82) is 0 Å². The van der Waals surface area contributed by atoms with Crippen molar-refractivity contribution in [2.75, 3.05) is 0 Å². The molecular weight excluding hydrogens is 424 g/mol.